The molecule has 1 N–H and O–H groups in total. The maximum absolute atomic E-state index is 12.7. The van der Waals surface area contributed by atoms with E-state index in [0.29, 0.717) is 10.2 Å². The van der Waals surface area contributed by atoms with E-state index in [1.165, 1.54) is 24.3 Å². The number of H-pyrrole nitrogens is 1. The van der Waals surface area contributed by atoms with Crippen LogP contribution >= 0.6 is 12.2 Å². The minimum Gasteiger partial charge on any atom is -0.435 e. The van der Waals surface area contributed by atoms with Crippen molar-refractivity contribution in [2.45, 2.75) is 12.8 Å². The number of ether oxygens (including phenoxy) is 1. The number of halogens is 5. The van der Waals surface area contributed by atoms with Crippen molar-refractivity contribution >= 4 is 18.4 Å². The van der Waals surface area contributed by atoms with Gasteiger partial charge in [0.2, 0.25) is 4.77 Å². The van der Waals surface area contributed by atoms with Crippen LogP contribution in [-0.2, 0) is 6.18 Å². The van der Waals surface area contributed by atoms with Crippen molar-refractivity contribution < 1.29 is 26.7 Å². The van der Waals surface area contributed by atoms with E-state index >= 15 is 0 Å². The summed E-state index contributed by atoms with van der Waals surface area (Å²) >= 11 is 4.65. The lowest BCUT2D eigenvalue weighted by Gasteiger charge is -2.05. The average molecular weight is 338 g/mol. The third-order valence-electron chi connectivity index (χ3n) is 2.33. The highest BCUT2D eigenvalue weighted by molar-refractivity contribution is 7.71. The minimum absolute atomic E-state index is 0.0805. The van der Waals surface area contributed by atoms with Gasteiger partial charge in [-0.05, 0) is 42.0 Å². The molecule has 11 heteroatoms. The highest BCUT2D eigenvalue weighted by Crippen LogP contribution is 2.27. The number of hydrogen-bond donors (Lipinski definition) is 1. The van der Waals surface area contributed by atoms with E-state index in [0.717, 1.165) is 6.21 Å². The summed E-state index contributed by atoms with van der Waals surface area (Å²) < 4.78 is 66.1. The fourth-order valence-corrected chi connectivity index (χ4v) is 1.62. The van der Waals surface area contributed by atoms with Crippen molar-refractivity contribution in [3.63, 3.8) is 0 Å². The Morgan fingerprint density at radius 2 is 1.91 bits per heavy atom. The lowest BCUT2D eigenvalue weighted by molar-refractivity contribution is -0.147. The van der Waals surface area contributed by atoms with Gasteiger partial charge in [0.15, 0.2) is 0 Å². The number of alkyl halides is 5. The zero-order chi connectivity index (χ0) is 16.3. The monoisotopic (exact) mass is 338 g/mol. The summed E-state index contributed by atoms with van der Waals surface area (Å²) in [5, 5.41) is 8.62. The van der Waals surface area contributed by atoms with Crippen LogP contribution in [0.1, 0.15) is 11.4 Å². The molecule has 1 aromatic heterocycles. The van der Waals surface area contributed by atoms with Crippen LogP contribution < -0.4 is 4.74 Å². The summed E-state index contributed by atoms with van der Waals surface area (Å²) in [6, 6.07) is 5.15. The van der Waals surface area contributed by atoms with E-state index in [2.05, 4.69) is 27.2 Å². The third kappa shape index (κ3) is 3.87. The normalized spacial score (nSPS) is 12.3. The number of rotatable bonds is 4. The van der Waals surface area contributed by atoms with Gasteiger partial charge in [0.1, 0.15) is 5.75 Å². The van der Waals surface area contributed by atoms with Gasteiger partial charge >= 0.3 is 12.8 Å². The predicted octanol–water partition coefficient (Wildman–Crippen LogP) is 3.44. The first kappa shape index (κ1) is 16.1. The second-order valence-electron chi connectivity index (χ2n) is 3.85. The zero-order valence-electron chi connectivity index (χ0n) is 10.5. The van der Waals surface area contributed by atoms with Gasteiger partial charge in [0.25, 0.3) is 5.82 Å². The van der Waals surface area contributed by atoms with Crippen LogP contribution in [0.2, 0.25) is 0 Å². The predicted molar refractivity (Wildman–Crippen MR) is 68.5 cm³/mol. The molecular formula is C11H7F5N4OS. The van der Waals surface area contributed by atoms with Gasteiger partial charge in [-0.3, -0.25) is 0 Å². The van der Waals surface area contributed by atoms with Gasteiger partial charge < -0.3 is 4.74 Å². The Morgan fingerprint density at radius 1 is 1.27 bits per heavy atom. The molecule has 0 saturated carbocycles. The van der Waals surface area contributed by atoms with E-state index in [1.807, 2.05) is 5.10 Å². The van der Waals surface area contributed by atoms with Crippen molar-refractivity contribution in [3.8, 4) is 5.75 Å². The van der Waals surface area contributed by atoms with E-state index in [4.69, 9.17) is 0 Å². The number of aromatic nitrogens is 3. The Kier molecular flexibility index (Phi) is 4.54. The molecule has 0 atom stereocenters. The molecule has 0 radical (unpaired) electrons. The first-order valence-electron chi connectivity index (χ1n) is 5.61. The largest absolute Gasteiger partial charge is 0.453 e. The fourth-order valence-electron chi connectivity index (χ4n) is 1.44. The number of nitrogens with one attached hydrogen (secondary N) is 1. The quantitative estimate of drug-likeness (QED) is 0.528. The number of benzene rings is 1. The Labute approximate surface area is 125 Å². The summed E-state index contributed by atoms with van der Waals surface area (Å²) in [4.78, 5) is 0. The lowest BCUT2D eigenvalue weighted by atomic mass is 10.2. The number of aromatic amines is 1. The second-order valence-corrected chi connectivity index (χ2v) is 4.24. The Balaban J connectivity index is 2.22. The Morgan fingerprint density at radius 3 is 2.45 bits per heavy atom. The lowest BCUT2D eigenvalue weighted by Crippen LogP contribution is -2.12. The highest BCUT2D eigenvalue weighted by atomic mass is 32.1. The van der Waals surface area contributed by atoms with Crippen LogP contribution in [0.3, 0.4) is 0 Å². The van der Waals surface area contributed by atoms with E-state index in [9.17, 15) is 22.0 Å². The molecule has 0 bridgehead atoms. The van der Waals surface area contributed by atoms with Crippen LogP contribution in [0.4, 0.5) is 22.0 Å². The van der Waals surface area contributed by atoms with Gasteiger partial charge in [-0.2, -0.15) is 31.7 Å². The Bertz CT molecular complexity index is 719. The summed E-state index contributed by atoms with van der Waals surface area (Å²) in [5.41, 5.74) is 0.359. The summed E-state index contributed by atoms with van der Waals surface area (Å²) in [6.07, 6.45) is -3.65. The minimum atomic E-state index is -4.72. The second kappa shape index (κ2) is 6.22. The SMILES string of the molecule is FC(F)Oc1ccc(/C=N\n2c(C(F)(F)F)n[nH]c2=S)cc1. The van der Waals surface area contributed by atoms with Crippen molar-refractivity contribution in [3.05, 3.63) is 40.4 Å². The molecule has 0 aliphatic carbocycles. The number of nitrogens with zero attached hydrogens (tertiary/aromatic N) is 3. The molecule has 1 aromatic carbocycles. The smallest absolute Gasteiger partial charge is 0.435 e. The first-order valence-corrected chi connectivity index (χ1v) is 6.02. The maximum atomic E-state index is 12.7. The first-order chi connectivity index (χ1) is 10.3. The fraction of sp³-hybridized carbons (Fsp3) is 0.182. The summed E-state index contributed by atoms with van der Waals surface area (Å²) in [6.45, 7) is -2.96. The van der Waals surface area contributed by atoms with E-state index < -0.39 is 18.6 Å². The summed E-state index contributed by atoms with van der Waals surface area (Å²) in [5.74, 6) is -1.38. The van der Waals surface area contributed by atoms with Gasteiger partial charge in [0, 0.05) is 0 Å². The van der Waals surface area contributed by atoms with Crippen LogP contribution in [0.15, 0.2) is 29.4 Å². The molecule has 0 spiro atoms. The van der Waals surface area contributed by atoms with E-state index in [-0.39, 0.29) is 10.5 Å². The molecule has 118 valence electrons. The molecule has 0 amide bonds. The van der Waals surface area contributed by atoms with Crippen LogP contribution in [0, 0.1) is 4.77 Å². The van der Waals surface area contributed by atoms with Crippen LogP contribution in [0.25, 0.3) is 0 Å². The standard InChI is InChI=1S/C11H7F5N4OS/c12-9(13)21-7-3-1-6(2-4-7)5-17-20-8(11(14,15)16)18-19-10(20)22/h1-5,9H,(H,19,22)/b17-5-. The molecule has 2 rings (SSSR count). The van der Waals surface area contributed by atoms with E-state index in [1.54, 1.807) is 0 Å². The van der Waals surface area contributed by atoms with Crippen molar-refractivity contribution in [1.82, 2.24) is 14.9 Å². The molecule has 0 unspecified atom stereocenters. The zero-order valence-corrected chi connectivity index (χ0v) is 11.3. The van der Waals surface area contributed by atoms with Gasteiger partial charge in [0.05, 0.1) is 6.21 Å². The molecule has 2 aromatic rings. The van der Waals surface area contributed by atoms with Crippen molar-refractivity contribution in [2.75, 3.05) is 0 Å². The topological polar surface area (TPSA) is 55.2 Å². The molecule has 1 heterocycles. The summed E-state index contributed by atoms with van der Waals surface area (Å²) in [7, 11) is 0. The molecule has 0 saturated heterocycles. The maximum Gasteiger partial charge on any atom is 0.453 e. The van der Waals surface area contributed by atoms with Gasteiger partial charge in [-0.15, -0.1) is 5.10 Å². The van der Waals surface area contributed by atoms with Crippen molar-refractivity contribution in [2.24, 2.45) is 5.10 Å². The molecular weight excluding hydrogens is 331 g/mol. The van der Waals surface area contributed by atoms with Gasteiger partial charge in [-0.1, -0.05) is 0 Å². The molecule has 0 aliphatic rings. The molecule has 0 aliphatic heterocycles. The Hall–Kier alpha value is -2.30. The average Bonchev–Trinajstić information content (AvgIpc) is 2.78. The number of hydrogen-bond acceptors (Lipinski definition) is 4. The third-order valence-corrected chi connectivity index (χ3v) is 2.60. The van der Waals surface area contributed by atoms with Crippen molar-refractivity contribution in [1.29, 1.82) is 0 Å². The molecule has 0 fully saturated rings. The van der Waals surface area contributed by atoms with Crippen LogP contribution in [0.5, 0.6) is 5.75 Å². The van der Waals surface area contributed by atoms with Gasteiger partial charge in [-0.25, -0.2) is 5.10 Å². The molecule has 22 heavy (non-hydrogen) atoms. The van der Waals surface area contributed by atoms with Crippen LogP contribution in [-0.4, -0.2) is 27.7 Å². The highest BCUT2D eigenvalue weighted by Gasteiger charge is 2.37. The molecule has 5 nitrogen and oxygen atoms in total.